The van der Waals surface area contributed by atoms with Crippen molar-refractivity contribution in [3.8, 4) is 0 Å². The Morgan fingerprint density at radius 1 is 1.38 bits per heavy atom. The molecule has 0 aliphatic heterocycles. The van der Waals surface area contributed by atoms with Crippen LogP contribution in [0.4, 0.5) is 0 Å². The Labute approximate surface area is 52.2 Å². The molecule has 48 valence electrons. The van der Waals surface area contributed by atoms with E-state index in [1.807, 2.05) is 27.7 Å². The predicted octanol–water partition coefficient (Wildman–Crippen LogP) is 1.79. The van der Waals surface area contributed by atoms with Crippen LogP contribution in [-0.4, -0.2) is 11.9 Å². The number of hydrogen-bond donors (Lipinski definition) is 1. The molecule has 0 aromatic rings. The van der Waals surface area contributed by atoms with Crippen LogP contribution >= 0.6 is 0 Å². The maximum absolute atomic E-state index is 9.19. The van der Waals surface area contributed by atoms with Crippen LogP contribution in [0.3, 0.4) is 0 Å². The van der Waals surface area contributed by atoms with E-state index in [0.29, 0.717) is 0 Å². The maximum Gasteiger partial charge on any atom is 0.294 e. The van der Waals surface area contributed by atoms with Crippen molar-refractivity contribution in [2.75, 3.05) is 0 Å². The summed E-state index contributed by atoms with van der Waals surface area (Å²) in [6.45, 7) is 7.97. The summed E-state index contributed by atoms with van der Waals surface area (Å²) in [5, 5.41) is 9.26. The Morgan fingerprint density at radius 2 is 1.75 bits per heavy atom. The van der Waals surface area contributed by atoms with E-state index in [-0.39, 0.29) is 12.2 Å². The SMILES string of the molecule is CCB(O)C(C)(C)C. The molecular weight excluding hydrogens is 98.9 g/mol. The minimum absolute atomic E-state index is 0.0642. The zero-order valence-corrected chi connectivity index (χ0v) is 6.23. The second kappa shape index (κ2) is 2.54. The van der Waals surface area contributed by atoms with Gasteiger partial charge in [-0.15, -0.1) is 0 Å². The van der Waals surface area contributed by atoms with Crippen LogP contribution in [0.2, 0.25) is 11.6 Å². The maximum atomic E-state index is 9.19. The van der Waals surface area contributed by atoms with E-state index >= 15 is 0 Å². The average Bonchev–Trinajstić information content (AvgIpc) is 1.62. The summed E-state index contributed by atoms with van der Waals surface area (Å²) in [7, 11) is 0. The fourth-order valence-electron chi connectivity index (χ4n) is 0.612. The third kappa shape index (κ3) is 2.36. The highest BCUT2D eigenvalue weighted by Gasteiger charge is 2.24. The van der Waals surface area contributed by atoms with Crippen molar-refractivity contribution < 1.29 is 5.02 Å². The third-order valence-corrected chi connectivity index (χ3v) is 1.39. The van der Waals surface area contributed by atoms with Gasteiger partial charge in [0, 0.05) is 0 Å². The lowest BCUT2D eigenvalue weighted by Gasteiger charge is -2.20. The van der Waals surface area contributed by atoms with Crippen LogP contribution in [0.1, 0.15) is 27.7 Å². The van der Waals surface area contributed by atoms with Gasteiger partial charge in [-0.3, -0.25) is 0 Å². The first-order valence-corrected chi connectivity index (χ1v) is 3.16. The normalized spacial score (nSPS) is 11.6. The van der Waals surface area contributed by atoms with Gasteiger partial charge in [0.15, 0.2) is 0 Å². The smallest absolute Gasteiger partial charge is 0.294 e. The largest absolute Gasteiger partial charge is 0.450 e. The Bertz CT molecular complexity index is 65.4. The Kier molecular flexibility index (Phi) is 2.55. The van der Waals surface area contributed by atoms with Crippen molar-refractivity contribution in [3.63, 3.8) is 0 Å². The van der Waals surface area contributed by atoms with E-state index in [1.54, 1.807) is 0 Å². The summed E-state index contributed by atoms with van der Waals surface area (Å²) in [6, 6.07) is 0. The summed E-state index contributed by atoms with van der Waals surface area (Å²) in [4.78, 5) is 0. The first-order valence-electron chi connectivity index (χ1n) is 3.16. The first-order chi connectivity index (χ1) is 3.48. The molecule has 0 aromatic carbocycles. The van der Waals surface area contributed by atoms with Crippen molar-refractivity contribution in [1.29, 1.82) is 0 Å². The van der Waals surface area contributed by atoms with Crippen molar-refractivity contribution in [2.45, 2.75) is 39.3 Å². The predicted molar refractivity (Wildman–Crippen MR) is 38.2 cm³/mol. The van der Waals surface area contributed by atoms with Gasteiger partial charge < -0.3 is 5.02 Å². The van der Waals surface area contributed by atoms with Crippen LogP contribution in [-0.2, 0) is 0 Å². The summed E-state index contributed by atoms with van der Waals surface area (Å²) in [6.07, 6.45) is 0.851. The van der Waals surface area contributed by atoms with Crippen molar-refractivity contribution in [3.05, 3.63) is 0 Å². The molecule has 0 bridgehead atoms. The molecule has 0 radical (unpaired) electrons. The van der Waals surface area contributed by atoms with Gasteiger partial charge in [-0.05, 0) is 11.6 Å². The van der Waals surface area contributed by atoms with Crippen LogP contribution in [0.5, 0.6) is 0 Å². The first kappa shape index (κ1) is 8.02. The van der Waals surface area contributed by atoms with Crippen LogP contribution in [0.15, 0.2) is 0 Å². The molecule has 0 aliphatic carbocycles. The molecule has 1 nitrogen and oxygen atoms in total. The van der Waals surface area contributed by atoms with Gasteiger partial charge in [-0.1, -0.05) is 27.7 Å². The van der Waals surface area contributed by atoms with Crippen molar-refractivity contribution in [1.82, 2.24) is 0 Å². The van der Waals surface area contributed by atoms with Gasteiger partial charge >= 0.3 is 0 Å². The Morgan fingerprint density at radius 3 is 1.75 bits per heavy atom. The average molecular weight is 114 g/mol. The minimum atomic E-state index is -0.150. The molecule has 0 saturated carbocycles. The second-order valence-electron chi connectivity index (χ2n) is 3.29. The van der Waals surface area contributed by atoms with E-state index in [0.717, 1.165) is 6.32 Å². The van der Waals surface area contributed by atoms with Crippen LogP contribution < -0.4 is 0 Å². The molecule has 0 atom stereocenters. The molecule has 8 heavy (non-hydrogen) atoms. The molecule has 0 amide bonds. The van der Waals surface area contributed by atoms with E-state index in [4.69, 9.17) is 0 Å². The lowest BCUT2D eigenvalue weighted by atomic mass is 9.47. The quantitative estimate of drug-likeness (QED) is 0.515. The van der Waals surface area contributed by atoms with Crippen LogP contribution in [0.25, 0.3) is 0 Å². The lowest BCUT2D eigenvalue weighted by molar-refractivity contribution is 0.509. The van der Waals surface area contributed by atoms with Gasteiger partial charge in [-0.25, -0.2) is 0 Å². The summed E-state index contributed by atoms with van der Waals surface area (Å²) in [5.74, 6) is 0. The topological polar surface area (TPSA) is 20.2 Å². The van der Waals surface area contributed by atoms with E-state index < -0.39 is 0 Å². The summed E-state index contributed by atoms with van der Waals surface area (Å²) in [5.41, 5.74) is 0. The molecule has 0 aromatic heterocycles. The fraction of sp³-hybridized carbons (Fsp3) is 1.00. The standard InChI is InChI=1S/C6H15BO/c1-5-7(8)6(2,3)4/h8H,5H2,1-4H3. The molecule has 0 unspecified atom stereocenters. The lowest BCUT2D eigenvalue weighted by Crippen LogP contribution is -2.23. The molecule has 0 rings (SSSR count). The molecule has 0 saturated heterocycles. The Hall–Kier alpha value is 0.0249. The highest BCUT2D eigenvalue weighted by molar-refractivity contribution is 6.53. The third-order valence-electron chi connectivity index (χ3n) is 1.39. The highest BCUT2D eigenvalue weighted by Crippen LogP contribution is 2.26. The minimum Gasteiger partial charge on any atom is -0.450 e. The molecular formula is C6H15BO. The Balaban J connectivity index is 3.62. The van der Waals surface area contributed by atoms with Crippen molar-refractivity contribution in [2.24, 2.45) is 0 Å². The van der Waals surface area contributed by atoms with Crippen LogP contribution in [0, 0.1) is 0 Å². The molecule has 0 aliphatic rings. The van der Waals surface area contributed by atoms with Gasteiger partial charge in [0.05, 0.1) is 0 Å². The molecule has 2 heteroatoms. The zero-order valence-electron chi connectivity index (χ0n) is 6.23. The molecule has 0 fully saturated rings. The zero-order chi connectivity index (χ0) is 6.78. The molecule has 0 heterocycles. The number of rotatable bonds is 1. The van der Waals surface area contributed by atoms with E-state index in [9.17, 15) is 5.02 Å². The summed E-state index contributed by atoms with van der Waals surface area (Å²) < 4.78 is 0. The second-order valence-corrected chi connectivity index (χ2v) is 3.29. The molecule has 0 spiro atoms. The monoisotopic (exact) mass is 114 g/mol. The summed E-state index contributed by atoms with van der Waals surface area (Å²) >= 11 is 0. The van der Waals surface area contributed by atoms with E-state index in [1.165, 1.54) is 0 Å². The van der Waals surface area contributed by atoms with Gasteiger partial charge in [0.1, 0.15) is 0 Å². The van der Waals surface area contributed by atoms with Gasteiger partial charge in [-0.2, -0.15) is 0 Å². The van der Waals surface area contributed by atoms with Gasteiger partial charge in [0.2, 0.25) is 0 Å². The van der Waals surface area contributed by atoms with E-state index in [2.05, 4.69) is 0 Å². The van der Waals surface area contributed by atoms with Crippen molar-refractivity contribution >= 4 is 6.92 Å². The molecule has 1 N–H and O–H groups in total. The number of hydrogen-bond acceptors (Lipinski definition) is 1. The fourth-order valence-corrected chi connectivity index (χ4v) is 0.612. The van der Waals surface area contributed by atoms with Gasteiger partial charge in [0.25, 0.3) is 6.92 Å². The highest BCUT2D eigenvalue weighted by atomic mass is 16.2.